The van der Waals surface area contributed by atoms with Crippen LogP contribution in [-0.2, 0) is 23.7 Å². The van der Waals surface area contributed by atoms with Gasteiger partial charge in [-0.3, -0.25) is 0 Å². The fraction of sp³-hybridized carbons (Fsp3) is 1.00. The maximum Gasteiger partial charge on any atom is 0.187 e. The van der Waals surface area contributed by atoms with Gasteiger partial charge in [0.05, 0.1) is 18.8 Å². The van der Waals surface area contributed by atoms with Crippen LogP contribution in [0.2, 0.25) is 0 Å². The van der Waals surface area contributed by atoms with Crippen LogP contribution in [0.4, 0.5) is 0 Å². The van der Waals surface area contributed by atoms with Crippen LogP contribution in [0.3, 0.4) is 0 Å². The minimum absolute atomic E-state index is 0.732. The number of ether oxygens (including phenoxy) is 5. The molecule has 14 nitrogen and oxygen atoms in total. The third-order valence-corrected chi connectivity index (χ3v) is 6.01. The van der Waals surface area contributed by atoms with E-state index in [9.17, 15) is 46.0 Å². The molecule has 14 heteroatoms. The molecule has 0 bridgehead atoms. The van der Waals surface area contributed by atoms with E-state index in [2.05, 4.69) is 0 Å². The quantitative estimate of drug-likeness (QED) is 0.182. The number of aliphatic hydroxyl groups is 9. The van der Waals surface area contributed by atoms with Crippen molar-refractivity contribution >= 4 is 0 Å². The fourth-order valence-corrected chi connectivity index (χ4v) is 3.94. The van der Waals surface area contributed by atoms with Gasteiger partial charge in [-0.1, -0.05) is 0 Å². The molecule has 0 aromatic heterocycles. The second kappa shape index (κ2) is 10.4. The van der Waals surface area contributed by atoms with Crippen LogP contribution in [0, 0.1) is 0 Å². The molecule has 9 N–H and O–H groups in total. The lowest BCUT2D eigenvalue weighted by atomic mass is 9.96. The van der Waals surface area contributed by atoms with E-state index in [0.717, 1.165) is 0 Å². The molecule has 3 saturated heterocycles. The maximum absolute atomic E-state index is 10.5. The fourth-order valence-electron chi connectivity index (χ4n) is 3.94. The van der Waals surface area contributed by atoms with Crippen LogP contribution in [0.5, 0.6) is 0 Å². The molecule has 0 amide bonds. The van der Waals surface area contributed by atoms with Gasteiger partial charge in [-0.2, -0.15) is 0 Å². The summed E-state index contributed by atoms with van der Waals surface area (Å²) >= 11 is 0. The highest BCUT2D eigenvalue weighted by atomic mass is 16.8. The summed E-state index contributed by atoms with van der Waals surface area (Å²) in [5.41, 5.74) is 0. The van der Waals surface area contributed by atoms with Crippen LogP contribution in [-0.4, -0.2) is 145 Å². The van der Waals surface area contributed by atoms with Gasteiger partial charge in [-0.15, -0.1) is 0 Å². The molecule has 0 radical (unpaired) electrons. The van der Waals surface area contributed by atoms with E-state index in [1.165, 1.54) is 13.8 Å². The Morgan fingerprint density at radius 3 is 1.44 bits per heavy atom. The molecule has 0 aromatic carbocycles. The van der Waals surface area contributed by atoms with Crippen LogP contribution < -0.4 is 0 Å². The van der Waals surface area contributed by atoms with Crippen molar-refractivity contribution in [3.05, 3.63) is 0 Å². The van der Waals surface area contributed by atoms with Crippen LogP contribution >= 0.6 is 0 Å². The monoisotopic (exact) mass is 472 g/mol. The molecule has 3 aliphatic heterocycles. The Balaban J connectivity index is 1.82. The molecule has 0 aliphatic carbocycles. The van der Waals surface area contributed by atoms with Crippen molar-refractivity contribution in [2.45, 2.75) is 106 Å². The van der Waals surface area contributed by atoms with Gasteiger partial charge in [0.1, 0.15) is 61.0 Å². The maximum atomic E-state index is 10.5. The summed E-state index contributed by atoms with van der Waals surface area (Å²) in [6.45, 7) is 2.10. The largest absolute Gasteiger partial charge is 0.394 e. The zero-order valence-electron chi connectivity index (χ0n) is 17.4. The number of aliphatic hydroxyl groups excluding tert-OH is 9. The number of hydrogen-bond acceptors (Lipinski definition) is 14. The summed E-state index contributed by atoms with van der Waals surface area (Å²) < 4.78 is 27.1. The van der Waals surface area contributed by atoms with Crippen LogP contribution in [0.1, 0.15) is 13.8 Å². The van der Waals surface area contributed by atoms with Gasteiger partial charge < -0.3 is 69.6 Å². The smallest absolute Gasteiger partial charge is 0.187 e. The van der Waals surface area contributed by atoms with Crippen molar-refractivity contribution in [3.8, 4) is 0 Å². The van der Waals surface area contributed by atoms with Gasteiger partial charge in [0.15, 0.2) is 18.9 Å². The Bertz CT molecular complexity index is 574. The van der Waals surface area contributed by atoms with E-state index in [0.29, 0.717) is 0 Å². The molecule has 3 heterocycles. The standard InChI is InChI=1S/C18H32O14/c1-4-7(20)9(22)11(24)17(28-4)31-14-6(3-19)30-16(27)13(26)15(14)32-18-12(25)10(23)8(21)5(2)29-18/h4-27H,3H2,1-2H3/t4-,5-,6+,7+,8+,9+,10+,11-,12-,13+,14-,15+,16?,17-,18-/m0/s1. The lowest BCUT2D eigenvalue weighted by Crippen LogP contribution is -2.66. The molecule has 15 atom stereocenters. The Morgan fingerprint density at radius 2 is 1.00 bits per heavy atom. The van der Waals surface area contributed by atoms with E-state index in [-0.39, 0.29) is 0 Å². The highest BCUT2D eigenvalue weighted by Crippen LogP contribution is 2.32. The normalized spacial score (nSPS) is 55.0. The summed E-state index contributed by atoms with van der Waals surface area (Å²) in [6, 6.07) is 0. The second-order valence-electron chi connectivity index (χ2n) is 8.30. The first-order valence-corrected chi connectivity index (χ1v) is 10.3. The summed E-state index contributed by atoms with van der Waals surface area (Å²) in [5.74, 6) is 0. The molecule has 3 aliphatic rings. The first-order valence-electron chi connectivity index (χ1n) is 10.3. The molecule has 3 fully saturated rings. The first-order chi connectivity index (χ1) is 15.0. The summed E-state index contributed by atoms with van der Waals surface area (Å²) in [5, 5.41) is 90.3. The molecule has 3 rings (SSSR count). The molecule has 188 valence electrons. The average molecular weight is 472 g/mol. The molecule has 0 aromatic rings. The van der Waals surface area contributed by atoms with E-state index < -0.39 is 98.7 Å². The third-order valence-electron chi connectivity index (χ3n) is 6.01. The van der Waals surface area contributed by atoms with Crippen molar-refractivity contribution in [2.24, 2.45) is 0 Å². The van der Waals surface area contributed by atoms with Gasteiger partial charge in [-0.05, 0) is 13.8 Å². The SMILES string of the molecule is C[C@@H]1O[C@@H](O[C@@H]2[C@H](O[C@@H]3O[C@@H](C)[C@@H](O)[C@@H](O)[C@@H]3O)[C@@H](O)C(O)O[C@@H]2CO)[C@@H](O)[C@H](O)[C@@H]1O. The lowest BCUT2D eigenvalue weighted by molar-refractivity contribution is -0.381. The molecule has 32 heavy (non-hydrogen) atoms. The van der Waals surface area contributed by atoms with E-state index in [4.69, 9.17) is 23.7 Å². The van der Waals surface area contributed by atoms with E-state index >= 15 is 0 Å². The number of rotatable bonds is 5. The number of hydrogen-bond donors (Lipinski definition) is 9. The van der Waals surface area contributed by atoms with E-state index in [1.807, 2.05) is 0 Å². The predicted octanol–water partition coefficient (Wildman–Crippen LogP) is -5.52. The van der Waals surface area contributed by atoms with Crippen molar-refractivity contribution in [1.29, 1.82) is 0 Å². The van der Waals surface area contributed by atoms with E-state index in [1.54, 1.807) is 0 Å². The Kier molecular flexibility index (Phi) is 8.44. The summed E-state index contributed by atoms with van der Waals surface area (Å²) in [7, 11) is 0. The van der Waals surface area contributed by atoms with Crippen molar-refractivity contribution in [2.75, 3.05) is 6.61 Å². The van der Waals surface area contributed by atoms with Gasteiger partial charge in [0.25, 0.3) is 0 Å². The highest BCUT2D eigenvalue weighted by molar-refractivity contribution is 4.95. The predicted molar refractivity (Wildman–Crippen MR) is 98.4 cm³/mol. The zero-order chi connectivity index (χ0) is 23.9. The van der Waals surface area contributed by atoms with Gasteiger partial charge in [-0.25, -0.2) is 0 Å². The van der Waals surface area contributed by atoms with Crippen molar-refractivity contribution < 1.29 is 69.6 Å². The highest BCUT2D eigenvalue weighted by Gasteiger charge is 2.53. The summed E-state index contributed by atoms with van der Waals surface area (Å²) in [4.78, 5) is 0. The zero-order valence-corrected chi connectivity index (χ0v) is 17.4. The van der Waals surface area contributed by atoms with Gasteiger partial charge in [0.2, 0.25) is 0 Å². The topological polar surface area (TPSA) is 228 Å². The van der Waals surface area contributed by atoms with Gasteiger partial charge in [0, 0.05) is 0 Å². The van der Waals surface area contributed by atoms with Crippen molar-refractivity contribution in [1.82, 2.24) is 0 Å². The third kappa shape index (κ3) is 4.94. The molecule has 0 saturated carbocycles. The Hall–Kier alpha value is -0.560. The van der Waals surface area contributed by atoms with Gasteiger partial charge >= 0.3 is 0 Å². The van der Waals surface area contributed by atoms with Crippen LogP contribution in [0.15, 0.2) is 0 Å². The molecular formula is C18H32O14. The molecular weight excluding hydrogens is 440 g/mol. The first kappa shape index (κ1) is 26.1. The molecule has 0 spiro atoms. The lowest BCUT2D eigenvalue weighted by Gasteiger charge is -2.48. The van der Waals surface area contributed by atoms with Crippen LogP contribution in [0.25, 0.3) is 0 Å². The molecule has 1 unspecified atom stereocenters. The average Bonchev–Trinajstić information content (AvgIpc) is 2.76. The minimum Gasteiger partial charge on any atom is -0.394 e. The summed E-state index contributed by atoms with van der Waals surface area (Å²) in [6.07, 6.45) is -22.5. The Morgan fingerprint density at radius 1 is 0.562 bits per heavy atom. The second-order valence-corrected chi connectivity index (χ2v) is 8.30. The minimum atomic E-state index is -1.84. The Labute approximate surface area is 183 Å². The van der Waals surface area contributed by atoms with Crippen molar-refractivity contribution in [3.63, 3.8) is 0 Å².